The van der Waals surface area contributed by atoms with Gasteiger partial charge in [-0.15, -0.1) is 0 Å². The number of hydrogen-bond acceptors (Lipinski definition) is 5. The van der Waals surface area contributed by atoms with E-state index >= 15 is 0 Å². The van der Waals surface area contributed by atoms with Crippen molar-refractivity contribution in [2.24, 2.45) is 0 Å². The van der Waals surface area contributed by atoms with Crippen molar-refractivity contribution < 1.29 is 4.79 Å². The van der Waals surface area contributed by atoms with Crippen molar-refractivity contribution in [3.05, 3.63) is 97.4 Å². The molecule has 0 saturated heterocycles. The second-order valence-electron chi connectivity index (χ2n) is 8.19. The molecule has 5 nitrogen and oxygen atoms in total. The molecule has 1 unspecified atom stereocenters. The number of aryl methyl sites for hydroxylation is 1. The van der Waals surface area contributed by atoms with Gasteiger partial charge in [0.2, 0.25) is 0 Å². The van der Waals surface area contributed by atoms with Crippen molar-refractivity contribution >= 4 is 35.0 Å². The van der Waals surface area contributed by atoms with Gasteiger partial charge >= 0.3 is 0 Å². The smallest absolute Gasteiger partial charge is 0.257 e. The number of ketones is 1. The fourth-order valence-electron chi connectivity index (χ4n) is 4.38. The molecule has 7 heteroatoms. The lowest BCUT2D eigenvalue weighted by Gasteiger charge is -2.32. The molecular weight excluding hydrogens is 442 g/mol. The fourth-order valence-corrected chi connectivity index (χ4v) is 5.40. The van der Waals surface area contributed by atoms with E-state index < -0.39 is 5.92 Å². The van der Waals surface area contributed by atoms with Crippen LogP contribution in [0.1, 0.15) is 47.4 Å². The third-order valence-electron chi connectivity index (χ3n) is 5.91. The van der Waals surface area contributed by atoms with Crippen LogP contribution in [-0.2, 0) is 10.5 Å². The van der Waals surface area contributed by atoms with Crippen molar-refractivity contribution in [3.8, 4) is 0 Å². The first kappa shape index (κ1) is 21.0. The van der Waals surface area contributed by atoms with E-state index in [0.29, 0.717) is 39.3 Å². The molecule has 2 N–H and O–H groups in total. The minimum Gasteiger partial charge on any atom is -0.343 e. The number of aromatic nitrogens is 2. The number of benzene rings is 2. The lowest BCUT2D eigenvalue weighted by Crippen LogP contribution is -2.32. The van der Waals surface area contributed by atoms with E-state index in [1.54, 1.807) is 0 Å². The molecule has 0 radical (unpaired) electrons. The molecular formula is C25H22ClN3O2S. The number of allylic oxidation sites excluding steroid dienone is 2. The number of halogens is 1. The first-order valence-electron chi connectivity index (χ1n) is 10.6. The summed E-state index contributed by atoms with van der Waals surface area (Å²) >= 11 is 7.53. The Labute approximate surface area is 195 Å². The van der Waals surface area contributed by atoms with Crippen LogP contribution in [0.25, 0.3) is 0 Å². The lowest BCUT2D eigenvalue weighted by molar-refractivity contribution is -0.116. The molecule has 0 saturated carbocycles. The van der Waals surface area contributed by atoms with Crippen LogP contribution in [0.15, 0.2) is 69.8 Å². The summed E-state index contributed by atoms with van der Waals surface area (Å²) in [5, 5.41) is 4.54. The molecule has 0 bridgehead atoms. The molecule has 1 aromatic heterocycles. The number of anilines is 1. The summed E-state index contributed by atoms with van der Waals surface area (Å²) in [5.41, 5.74) is 5.01. The monoisotopic (exact) mass is 463 g/mol. The number of hydrogen-bond donors (Lipinski definition) is 2. The second-order valence-corrected chi connectivity index (χ2v) is 9.59. The molecule has 5 rings (SSSR count). The number of nitrogens with zero attached hydrogens (tertiary/aromatic N) is 1. The van der Waals surface area contributed by atoms with Gasteiger partial charge in [0.15, 0.2) is 10.9 Å². The topological polar surface area (TPSA) is 74.8 Å². The van der Waals surface area contributed by atoms with E-state index in [9.17, 15) is 9.59 Å². The Kier molecular flexibility index (Phi) is 5.66. The second kappa shape index (κ2) is 8.60. The maximum absolute atomic E-state index is 13.3. The van der Waals surface area contributed by atoms with Crippen molar-refractivity contribution in [1.82, 2.24) is 9.97 Å². The minimum absolute atomic E-state index is 0.105. The number of nitrogens with one attached hydrogen (secondary N) is 2. The molecule has 0 fully saturated rings. The van der Waals surface area contributed by atoms with Gasteiger partial charge in [-0.05, 0) is 43.0 Å². The largest absolute Gasteiger partial charge is 0.343 e. The summed E-state index contributed by atoms with van der Waals surface area (Å²) in [6.07, 6.45) is 2.10. The zero-order valence-corrected chi connectivity index (χ0v) is 19.1. The molecule has 1 atom stereocenters. The van der Waals surface area contributed by atoms with E-state index in [1.165, 1.54) is 11.8 Å². The summed E-state index contributed by atoms with van der Waals surface area (Å²) in [7, 11) is 0. The van der Waals surface area contributed by atoms with Crippen molar-refractivity contribution in [2.75, 3.05) is 5.32 Å². The van der Waals surface area contributed by atoms with Gasteiger partial charge in [0.05, 0.1) is 5.56 Å². The number of rotatable bonds is 4. The predicted octanol–water partition coefficient (Wildman–Crippen LogP) is 5.59. The Balaban J connectivity index is 1.55. The van der Waals surface area contributed by atoms with Gasteiger partial charge in [-0.2, -0.15) is 0 Å². The summed E-state index contributed by atoms with van der Waals surface area (Å²) in [6.45, 7) is 2.02. The normalized spacial score (nSPS) is 17.6. The van der Waals surface area contributed by atoms with Gasteiger partial charge in [-0.3, -0.25) is 9.59 Å². The van der Waals surface area contributed by atoms with Gasteiger partial charge in [0.25, 0.3) is 5.56 Å². The van der Waals surface area contributed by atoms with E-state index in [0.717, 1.165) is 35.2 Å². The van der Waals surface area contributed by atoms with Gasteiger partial charge in [0.1, 0.15) is 5.82 Å². The summed E-state index contributed by atoms with van der Waals surface area (Å²) < 4.78 is 0. The van der Waals surface area contributed by atoms with Gasteiger partial charge in [0, 0.05) is 34.4 Å². The average molecular weight is 464 g/mol. The molecule has 162 valence electrons. The van der Waals surface area contributed by atoms with Crippen LogP contribution in [0.3, 0.4) is 0 Å². The number of thioether (sulfide) groups is 1. The Morgan fingerprint density at radius 2 is 1.94 bits per heavy atom. The van der Waals surface area contributed by atoms with E-state index in [-0.39, 0.29) is 11.3 Å². The van der Waals surface area contributed by atoms with Crippen LogP contribution in [0.4, 0.5) is 5.82 Å². The third kappa shape index (κ3) is 4.00. The van der Waals surface area contributed by atoms with Crippen molar-refractivity contribution in [3.63, 3.8) is 0 Å². The highest BCUT2D eigenvalue weighted by atomic mass is 35.5. The maximum atomic E-state index is 13.3. The fraction of sp³-hybridized carbons (Fsp3) is 0.240. The first-order chi connectivity index (χ1) is 15.5. The molecule has 32 heavy (non-hydrogen) atoms. The number of aromatic amines is 1. The standard InChI is InChI=1S/C25H22ClN3O2S/c1-14-8-10-16(11-9-14)20-21-18(6-3-7-19(21)30)27-23-22(20)24(31)29-25(28-23)32-13-15-4-2-5-17(26)12-15/h2,4-5,8-12,20H,3,6-7,13H2,1H3,(H2,27,28,29,31). The highest BCUT2D eigenvalue weighted by Crippen LogP contribution is 2.43. The number of Topliss-reactive ketones (excluding diaryl/α,β-unsaturated/α-hetero) is 1. The quantitative estimate of drug-likeness (QED) is 0.389. The Bertz CT molecular complexity index is 1300. The van der Waals surface area contributed by atoms with Crippen molar-refractivity contribution in [2.45, 2.75) is 43.0 Å². The van der Waals surface area contributed by atoms with Crippen LogP contribution in [-0.4, -0.2) is 15.8 Å². The molecule has 2 heterocycles. The number of carbonyl (C=O) groups excluding carboxylic acids is 1. The molecule has 1 aliphatic heterocycles. The van der Waals surface area contributed by atoms with Crippen LogP contribution in [0.5, 0.6) is 0 Å². The van der Waals surface area contributed by atoms with Crippen LogP contribution < -0.4 is 10.9 Å². The molecule has 2 aliphatic rings. The predicted molar refractivity (Wildman–Crippen MR) is 128 cm³/mol. The molecule has 2 aromatic carbocycles. The van der Waals surface area contributed by atoms with Crippen LogP contribution >= 0.6 is 23.4 Å². The van der Waals surface area contributed by atoms with E-state index in [1.807, 2.05) is 55.5 Å². The molecule has 0 spiro atoms. The zero-order chi connectivity index (χ0) is 22.2. The summed E-state index contributed by atoms with van der Waals surface area (Å²) in [5.74, 6) is 0.879. The Morgan fingerprint density at radius 1 is 1.12 bits per heavy atom. The Hall–Kier alpha value is -2.83. The third-order valence-corrected chi connectivity index (χ3v) is 7.09. The molecule has 0 amide bonds. The highest BCUT2D eigenvalue weighted by molar-refractivity contribution is 7.98. The minimum atomic E-state index is -0.405. The van der Waals surface area contributed by atoms with Crippen LogP contribution in [0, 0.1) is 6.92 Å². The highest BCUT2D eigenvalue weighted by Gasteiger charge is 2.37. The van der Waals surface area contributed by atoms with Gasteiger partial charge in [-0.25, -0.2) is 4.98 Å². The molecule has 3 aromatic rings. The average Bonchev–Trinajstić information content (AvgIpc) is 2.77. The van der Waals surface area contributed by atoms with E-state index in [2.05, 4.69) is 10.3 Å². The SMILES string of the molecule is Cc1ccc(C2C3=C(CCCC3=O)Nc3nc(SCc4cccc(Cl)c4)[nH]c(=O)c32)cc1. The number of carbonyl (C=O) groups is 1. The van der Waals surface area contributed by atoms with E-state index in [4.69, 9.17) is 16.6 Å². The summed E-state index contributed by atoms with van der Waals surface area (Å²) in [6, 6.07) is 15.7. The van der Waals surface area contributed by atoms with Crippen LogP contribution in [0.2, 0.25) is 5.02 Å². The molecule has 1 aliphatic carbocycles. The summed E-state index contributed by atoms with van der Waals surface area (Å²) in [4.78, 5) is 33.9. The lowest BCUT2D eigenvalue weighted by atomic mass is 9.76. The number of H-pyrrole nitrogens is 1. The Morgan fingerprint density at radius 3 is 2.72 bits per heavy atom. The zero-order valence-electron chi connectivity index (χ0n) is 17.6. The number of fused-ring (bicyclic) bond motifs is 1. The first-order valence-corrected chi connectivity index (χ1v) is 12.0. The maximum Gasteiger partial charge on any atom is 0.257 e. The van der Waals surface area contributed by atoms with Crippen molar-refractivity contribution in [1.29, 1.82) is 0 Å². The van der Waals surface area contributed by atoms with Gasteiger partial charge in [-0.1, -0.05) is 65.3 Å². The van der Waals surface area contributed by atoms with Gasteiger partial charge < -0.3 is 10.3 Å².